The predicted molar refractivity (Wildman–Crippen MR) is 150 cm³/mol. The molecule has 2 aromatic heterocycles. The fraction of sp³-hybridized carbons (Fsp3) is 0.367. The van der Waals surface area contributed by atoms with Gasteiger partial charge in [0.25, 0.3) is 5.56 Å². The van der Waals surface area contributed by atoms with Crippen LogP contribution in [0.15, 0.2) is 41.2 Å². The molecule has 0 unspecified atom stereocenters. The molecule has 0 radical (unpaired) electrons. The third kappa shape index (κ3) is 4.86. The molecule has 1 aromatic carbocycles. The van der Waals surface area contributed by atoms with Gasteiger partial charge in [0, 0.05) is 35.2 Å². The lowest BCUT2D eigenvalue weighted by atomic mass is 9.86. The summed E-state index contributed by atoms with van der Waals surface area (Å²) in [4.78, 5) is 54.7. The minimum atomic E-state index is -1.89. The highest BCUT2D eigenvalue weighted by Gasteiger charge is 2.45. The number of benzene rings is 1. The van der Waals surface area contributed by atoms with Crippen molar-refractivity contribution in [2.75, 3.05) is 13.1 Å². The van der Waals surface area contributed by atoms with Crippen molar-refractivity contribution >= 4 is 28.9 Å². The molecular formula is C30H32N4O7. The van der Waals surface area contributed by atoms with Crippen molar-refractivity contribution in [1.82, 2.24) is 20.2 Å². The average molecular weight is 561 g/mol. The quantitative estimate of drug-likeness (QED) is 0.169. The van der Waals surface area contributed by atoms with Crippen LogP contribution in [0.1, 0.15) is 55.9 Å². The molecule has 2 aliphatic heterocycles. The van der Waals surface area contributed by atoms with Crippen LogP contribution in [0.4, 0.5) is 4.79 Å². The molecule has 214 valence electrons. The fourth-order valence-corrected chi connectivity index (χ4v) is 5.38. The number of pyridine rings is 2. The van der Waals surface area contributed by atoms with Gasteiger partial charge in [0.2, 0.25) is 5.91 Å². The van der Waals surface area contributed by atoms with Crippen molar-refractivity contribution in [3.63, 3.8) is 0 Å². The number of hydrogen-bond donors (Lipinski definition) is 3. The number of fused-ring (bicyclic) bond motifs is 5. The molecule has 2 amide bonds. The topological polar surface area (TPSA) is 149 Å². The standard InChI is InChI=1S/C30H32N4O7/c1-5-18-19-12-17(41-29(38)32-11-7-10-31-26(35)16(3)4)8-9-23(19)33-25-20(18)14-34-24(25)13-22-21(27(34)36)15-40-28(37)30(22,39)6-2/h8-9,12-13,39H,3,5-7,10-11,14-15H2,1-2,4H3,(H,31,35)(H,32,38)/t30-/m0/s1. The molecular weight excluding hydrogens is 528 g/mol. The van der Waals surface area contributed by atoms with Crippen molar-refractivity contribution in [3.8, 4) is 17.1 Å². The van der Waals surface area contributed by atoms with Gasteiger partial charge in [-0.25, -0.2) is 14.6 Å². The first-order chi connectivity index (χ1) is 19.6. The molecule has 3 N–H and O–H groups in total. The number of nitrogens with one attached hydrogen (secondary N) is 2. The summed E-state index contributed by atoms with van der Waals surface area (Å²) in [6.07, 6.45) is 0.617. The zero-order chi connectivity index (χ0) is 29.5. The number of aryl methyl sites for hydroxylation is 1. The molecule has 0 bridgehead atoms. The smallest absolute Gasteiger partial charge is 0.412 e. The predicted octanol–water partition coefficient (Wildman–Crippen LogP) is 2.81. The summed E-state index contributed by atoms with van der Waals surface area (Å²) in [6, 6.07) is 6.85. The van der Waals surface area contributed by atoms with Crippen LogP contribution < -0.4 is 20.9 Å². The van der Waals surface area contributed by atoms with Crippen LogP contribution in [0, 0.1) is 0 Å². The lowest BCUT2D eigenvalue weighted by molar-refractivity contribution is -0.172. The normalized spacial score (nSPS) is 16.8. The third-order valence-electron chi connectivity index (χ3n) is 7.64. The number of carbonyl (C=O) groups excluding carboxylic acids is 3. The number of esters is 1. The van der Waals surface area contributed by atoms with Crippen molar-refractivity contribution in [3.05, 3.63) is 69.0 Å². The highest BCUT2D eigenvalue weighted by molar-refractivity contribution is 5.92. The van der Waals surface area contributed by atoms with Gasteiger partial charge >= 0.3 is 12.1 Å². The van der Waals surface area contributed by atoms with Gasteiger partial charge < -0.3 is 29.8 Å². The average Bonchev–Trinajstić information content (AvgIpc) is 3.32. The Morgan fingerprint density at radius 1 is 1.17 bits per heavy atom. The molecule has 0 fully saturated rings. The van der Waals surface area contributed by atoms with E-state index in [0.717, 1.165) is 16.5 Å². The first-order valence-electron chi connectivity index (χ1n) is 13.6. The number of carbonyl (C=O) groups is 3. The Morgan fingerprint density at radius 3 is 2.63 bits per heavy atom. The number of nitrogens with zero attached hydrogens (tertiary/aromatic N) is 2. The minimum Gasteiger partial charge on any atom is -0.458 e. The van der Waals surface area contributed by atoms with Crippen LogP contribution in [0.2, 0.25) is 0 Å². The van der Waals surface area contributed by atoms with Gasteiger partial charge in [-0.1, -0.05) is 20.4 Å². The molecule has 0 saturated carbocycles. The summed E-state index contributed by atoms with van der Waals surface area (Å²) >= 11 is 0. The minimum absolute atomic E-state index is 0.0713. The molecule has 0 saturated heterocycles. The van der Waals surface area contributed by atoms with Gasteiger partial charge in [-0.2, -0.15) is 0 Å². The third-order valence-corrected chi connectivity index (χ3v) is 7.64. The van der Waals surface area contributed by atoms with Gasteiger partial charge in [-0.05, 0) is 56.0 Å². The molecule has 1 atom stereocenters. The van der Waals surface area contributed by atoms with E-state index in [2.05, 4.69) is 17.2 Å². The Morgan fingerprint density at radius 2 is 1.93 bits per heavy atom. The highest BCUT2D eigenvalue weighted by atomic mass is 16.6. The number of aromatic nitrogens is 2. The summed E-state index contributed by atoms with van der Waals surface area (Å²) < 4.78 is 12.2. The van der Waals surface area contributed by atoms with Crippen LogP contribution in [0.5, 0.6) is 5.75 Å². The lowest BCUT2D eigenvalue weighted by Gasteiger charge is -2.31. The summed E-state index contributed by atoms with van der Waals surface area (Å²) in [7, 11) is 0. The largest absolute Gasteiger partial charge is 0.458 e. The molecule has 0 spiro atoms. The van der Waals surface area contributed by atoms with Gasteiger partial charge in [-0.15, -0.1) is 0 Å². The van der Waals surface area contributed by atoms with Crippen LogP contribution in [-0.2, 0) is 39.5 Å². The van der Waals surface area contributed by atoms with Crippen LogP contribution in [0.3, 0.4) is 0 Å². The molecule has 3 aromatic rings. The molecule has 11 heteroatoms. The summed E-state index contributed by atoms with van der Waals surface area (Å²) in [5.41, 5.74) is 2.41. The Balaban J connectivity index is 1.41. The molecule has 5 rings (SSSR count). The van der Waals surface area contributed by atoms with Crippen LogP contribution in [-0.4, -0.2) is 45.7 Å². The number of cyclic esters (lactones) is 1. The summed E-state index contributed by atoms with van der Waals surface area (Å²) in [5, 5.41) is 17.3. The van der Waals surface area contributed by atoms with Crippen molar-refractivity contribution in [2.45, 2.75) is 58.8 Å². The molecule has 2 aliphatic rings. The SMILES string of the molecule is C=C(C)C(=O)NCCCNC(=O)Oc1ccc2nc3c(c(CC)c2c1)Cn1c-3cc2c(c1=O)COC(=O)[C@]2(O)CC. The molecule has 0 aliphatic carbocycles. The fourth-order valence-electron chi connectivity index (χ4n) is 5.38. The maximum Gasteiger partial charge on any atom is 0.412 e. The number of ether oxygens (including phenoxy) is 2. The van der Waals surface area contributed by atoms with Crippen molar-refractivity contribution < 1.29 is 29.0 Å². The Bertz CT molecular complexity index is 1680. The van der Waals surface area contributed by atoms with Gasteiger partial charge in [0.05, 0.1) is 29.0 Å². The van der Waals surface area contributed by atoms with Crippen LogP contribution in [0.25, 0.3) is 22.3 Å². The second-order valence-electron chi connectivity index (χ2n) is 10.3. The number of amides is 2. The number of hydrogen-bond acceptors (Lipinski definition) is 8. The monoisotopic (exact) mass is 560 g/mol. The van der Waals surface area contributed by atoms with E-state index in [0.29, 0.717) is 54.2 Å². The lowest BCUT2D eigenvalue weighted by Crippen LogP contribution is -2.44. The molecule has 11 nitrogen and oxygen atoms in total. The Labute approximate surface area is 236 Å². The summed E-state index contributed by atoms with van der Waals surface area (Å²) in [5.74, 6) is -0.648. The zero-order valence-corrected chi connectivity index (χ0v) is 23.3. The Kier molecular flexibility index (Phi) is 7.39. The highest BCUT2D eigenvalue weighted by Crippen LogP contribution is 2.40. The van der Waals surface area contributed by atoms with E-state index in [1.165, 1.54) is 0 Å². The van der Waals surface area contributed by atoms with Gasteiger partial charge in [0.15, 0.2) is 5.60 Å². The maximum atomic E-state index is 13.5. The maximum absolute atomic E-state index is 13.5. The van der Waals surface area contributed by atoms with Crippen molar-refractivity contribution in [2.24, 2.45) is 0 Å². The number of rotatable bonds is 8. The van der Waals surface area contributed by atoms with E-state index < -0.39 is 17.7 Å². The van der Waals surface area contributed by atoms with E-state index in [4.69, 9.17) is 14.5 Å². The molecule has 4 heterocycles. The Hall–Kier alpha value is -4.51. The van der Waals surface area contributed by atoms with E-state index in [9.17, 15) is 24.3 Å². The van der Waals surface area contributed by atoms with Crippen molar-refractivity contribution in [1.29, 1.82) is 0 Å². The first-order valence-corrected chi connectivity index (χ1v) is 13.6. The van der Waals surface area contributed by atoms with E-state index >= 15 is 0 Å². The molecule has 41 heavy (non-hydrogen) atoms. The zero-order valence-electron chi connectivity index (χ0n) is 23.3. The number of aliphatic hydroxyl groups is 1. The summed E-state index contributed by atoms with van der Waals surface area (Å²) in [6.45, 7) is 9.68. The first kappa shape index (κ1) is 28.0. The van der Waals surface area contributed by atoms with E-state index in [-0.39, 0.29) is 42.2 Å². The second kappa shape index (κ2) is 10.8. The van der Waals surface area contributed by atoms with Crippen LogP contribution >= 0.6 is 0 Å². The van der Waals surface area contributed by atoms with E-state index in [1.54, 1.807) is 42.7 Å². The van der Waals surface area contributed by atoms with Gasteiger partial charge in [0.1, 0.15) is 12.4 Å². The second-order valence-corrected chi connectivity index (χ2v) is 10.3. The van der Waals surface area contributed by atoms with Gasteiger partial charge in [-0.3, -0.25) is 9.59 Å². The van der Waals surface area contributed by atoms with E-state index in [1.807, 2.05) is 6.92 Å².